The molecule has 3 N–H and O–H groups in total. The minimum absolute atomic E-state index is 0.261. The van der Waals surface area contributed by atoms with E-state index in [1.807, 2.05) is 54.6 Å². The Morgan fingerprint density at radius 2 is 1.44 bits per heavy atom. The molecule has 0 atom stereocenters. The molecule has 0 aromatic heterocycles. The van der Waals surface area contributed by atoms with E-state index in [-0.39, 0.29) is 5.91 Å². The number of nitrogens with one attached hydrogen (secondary N) is 1. The van der Waals surface area contributed by atoms with Crippen molar-refractivity contribution in [2.75, 3.05) is 39.5 Å². The molecule has 0 heterocycles. The van der Waals surface area contributed by atoms with E-state index in [0.29, 0.717) is 34.4 Å². The highest BCUT2D eigenvalue weighted by atomic mass is 16.5. The molecular formula is C27H28N2O5. The molecule has 0 aliphatic carbocycles. The van der Waals surface area contributed by atoms with Crippen LogP contribution in [0.2, 0.25) is 0 Å². The second-order valence-corrected chi connectivity index (χ2v) is 7.20. The molecule has 0 aliphatic rings. The molecule has 3 rings (SSSR count). The first-order chi connectivity index (χ1) is 16.5. The minimum Gasteiger partial charge on any atom is -0.495 e. The predicted molar refractivity (Wildman–Crippen MR) is 137 cm³/mol. The summed E-state index contributed by atoms with van der Waals surface area (Å²) >= 11 is 0. The van der Waals surface area contributed by atoms with Crippen molar-refractivity contribution >= 4 is 35.5 Å². The average molecular weight is 461 g/mol. The lowest BCUT2D eigenvalue weighted by atomic mass is 10.1. The third-order valence-electron chi connectivity index (χ3n) is 5.04. The molecule has 7 nitrogen and oxygen atoms in total. The highest BCUT2D eigenvalue weighted by molar-refractivity contribution is 6.03. The predicted octanol–water partition coefficient (Wildman–Crippen LogP) is 5.13. The van der Waals surface area contributed by atoms with Crippen LogP contribution in [0.25, 0.3) is 18.2 Å². The summed E-state index contributed by atoms with van der Waals surface area (Å²) in [5, 5.41) is 2.92. The number of ether oxygens (including phenoxy) is 4. The Balaban J connectivity index is 1.78. The maximum atomic E-state index is 12.5. The summed E-state index contributed by atoms with van der Waals surface area (Å²) < 4.78 is 21.4. The number of nitrogens with two attached hydrogens (primary N) is 1. The molecule has 0 bridgehead atoms. The molecule has 3 aromatic rings. The molecule has 0 saturated carbocycles. The topological polar surface area (TPSA) is 92.0 Å². The van der Waals surface area contributed by atoms with Crippen molar-refractivity contribution in [1.82, 2.24) is 0 Å². The molecule has 0 spiro atoms. The second kappa shape index (κ2) is 11.5. The smallest absolute Gasteiger partial charge is 0.248 e. The van der Waals surface area contributed by atoms with Crippen LogP contribution >= 0.6 is 0 Å². The fourth-order valence-corrected chi connectivity index (χ4v) is 3.34. The first kappa shape index (κ1) is 24.3. The van der Waals surface area contributed by atoms with Gasteiger partial charge < -0.3 is 30.0 Å². The van der Waals surface area contributed by atoms with E-state index >= 15 is 0 Å². The summed E-state index contributed by atoms with van der Waals surface area (Å²) in [6.07, 6.45) is 6.97. The van der Waals surface area contributed by atoms with Crippen molar-refractivity contribution in [2.45, 2.75) is 0 Å². The Labute approximate surface area is 199 Å². The molecule has 0 fully saturated rings. The first-order valence-electron chi connectivity index (χ1n) is 10.5. The van der Waals surface area contributed by atoms with Gasteiger partial charge in [-0.05, 0) is 53.1 Å². The lowest BCUT2D eigenvalue weighted by Gasteiger charge is -2.13. The van der Waals surface area contributed by atoms with Gasteiger partial charge in [0.05, 0.1) is 34.1 Å². The molecule has 0 radical (unpaired) electrons. The molecule has 3 aromatic carbocycles. The standard InChI is InChI=1S/C27H28N2O5/c1-31-23-13-10-18(15-21(23)28)11-14-26(30)29-22-8-6-5-7-20(22)12-9-19-16-24(32-2)27(34-4)25(17-19)33-3/h5-17H,28H2,1-4H3,(H,29,30)/b12-9+,14-11+. The fraction of sp³-hybridized carbons (Fsp3) is 0.148. The quantitative estimate of drug-likeness (QED) is 0.261. The molecule has 176 valence electrons. The molecule has 34 heavy (non-hydrogen) atoms. The number of carbonyl (C=O) groups excluding carboxylic acids is 1. The van der Waals surface area contributed by atoms with Crippen LogP contribution in [0.5, 0.6) is 23.0 Å². The zero-order valence-corrected chi connectivity index (χ0v) is 19.6. The molecule has 1 amide bonds. The van der Waals surface area contributed by atoms with Crippen LogP contribution in [0.3, 0.4) is 0 Å². The van der Waals surface area contributed by atoms with Crippen molar-refractivity contribution in [2.24, 2.45) is 0 Å². The van der Waals surface area contributed by atoms with Crippen molar-refractivity contribution in [3.05, 3.63) is 77.4 Å². The normalized spacial score (nSPS) is 10.9. The summed E-state index contributed by atoms with van der Waals surface area (Å²) in [5.74, 6) is 1.98. The summed E-state index contributed by atoms with van der Waals surface area (Å²) in [6, 6.07) is 16.6. The Bertz CT molecular complexity index is 1190. The number of carbonyl (C=O) groups is 1. The van der Waals surface area contributed by atoms with Gasteiger partial charge in [-0.15, -0.1) is 0 Å². The summed E-state index contributed by atoms with van der Waals surface area (Å²) in [4.78, 5) is 12.5. The lowest BCUT2D eigenvalue weighted by Crippen LogP contribution is -2.08. The Hall–Kier alpha value is -4.39. The van der Waals surface area contributed by atoms with Crippen LogP contribution in [0.1, 0.15) is 16.7 Å². The number of rotatable bonds is 9. The number of hydrogen-bond acceptors (Lipinski definition) is 6. The number of hydrogen-bond donors (Lipinski definition) is 2. The van der Waals surface area contributed by atoms with Crippen molar-refractivity contribution in [3.63, 3.8) is 0 Å². The largest absolute Gasteiger partial charge is 0.495 e. The maximum absolute atomic E-state index is 12.5. The zero-order valence-electron chi connectivity index (χ0n) is 19.6. The van der Waals surface area contributed by atoms with Gasteiger partial charge in [-0.1, -0.05) is 36.4 Å². The second-order valence-electron chi connectivity index (χ2n) is 7.20. The van der Waals surface area contributed by atoms with Gasteiger partial charge in [-0.25, -0.2) is 0 Å². The number of anilines is 2. The van der Waals surface area contributed by atoms with E-state index in [4.69, 9.17) is 24.7 Å². The SMILES string of the molecule is COc1ccc(/C=C/C(=O)Nc2ccccc2/C=C/c2cc(OC)c(OC)c(OC)c2)cc1N. The Kier molecular flexibility index (Phi) is 8.18. The van der Waals surface area contributed by atoms with Gasteiger partial charge in [0.2, 0.25) is 11.7 Å². The lowest BCUT2D eigenvalue weighted by molar-refractivity contribution is -0.111. The van der Waals surface area contributed by atoms with E-state index in [2.05, 4.69) is 5.32 Å². The van der Waals surface area contributed by atoms with E-state index in [9.17, 15) is 4.79 Å². The molecule has 7 heteroatoms. The Morgan fingerprint density at radius 3 is 2.06 bits per heavy atom. The van der Waals surface area contributed by atoms with Gasteiger partial charge in [0.15, 0.2) is 11.5 Å². The number of para-hydroxylation sites is 1. The van der Waals surface area contributed by atoms with Gasteiger partial charge in [-0.2, -0.15) is 0 Å². The van der Waals surface area contributed by atoms with E-state index < -0.39 is 0 Å². The highest BCUT2D eigenvalue weighted by Gasteiger charge is 2.12. The van der Waals surface area contributed by atoms with Gasteiger partial charge in [0, 0.05) is 11.8 Å². The van der Waals surface area contributed by atoms with Crippen LogP contribution in [0.15, 0.2) is 60.7 Å². The minimum atomic E-state index is -0.261. The Morgan fingerprint density at radius 1 is 0.765 bits per heavy atom. The summed E-state index contributed by atoms with van der Waals surface area (Å²) in [6.45, 7) is 0. The van der Waals surface area contributed by atoms with Crippen molar-refractivity contribution in [3.8, 4) is 23.0 Å². The number of benzene rings is 3. The van der Waals surface area contributed by atoms with Crippen molar-refractivity contribution in [1.29, 1.82) is 0 Å². The number of nitrogen functional groups attached to an aromatic ring is 1. The van der Waals surface area contributed by atoms with Crippen LogP contribution in [0, 0.1) is 0 Å². The third-order valence-corrected chi connectivity index (χ3v) is 5.04. The van der Waals surface area contributed by atoms with E-state index in [1.165, 1.54) is 6.08 Å². The molecule has 0 unspecified atom stereocenters. The van der Waals surface area contributed by atoms with Gasteiger partial charge in [0.1, 0.15) is 5.75 Å². The van der Waals surface area contributed by atoms with Gasteiger partial charge in [-0.3, -0.25) is 4.79 Å². The summed E-state index contributed by atoms with van der Waals surface area (Å²) in [5.41, 5.74) is 9.60. The number of methoxy groups -OCH3 is 4. The molecule has 0 aliphatic heterocycles. The first-order valence-corrected chi connectivity index (χ1v) is 10.5. The summed E-state index contributed by atoms with van der Waals surface area (Å²) in [7, 11) is 6.27. The van der Waals surface area contributed by atoms with Crippen molar-refractivity contribution < 1.29 is 23.7 Å². The van der Waals surface area contributed by atoms with Crippen LogP contribution < -0.4 is 30.0 Å². The van der Waals surface area contributed by atoms with E-state index in [0.717, 1.165) is 16.7 Å². The van der Waals surface area contributed by atoms with Gasteiger partial charge in [0.25, 0.3) is 0 Å². The van der Waals surface area contributed by atoms with Crippen LogP contribution in [0.4, 0.5) is 11.4 Å². The van der Waals surface area contributed by atoms with Crippen LogP contribution in [-0.4, -0.2) is 34.3 Å². The van der Waals surface area contributed by atoms with E-state index in [1.54, 1.807) is 46.6 Å². The zero-order chi connectivity index (χ0) is 24.5. The van der Waals surface area contributed by atoms with Crippen LogP contribution in [-0.2, 0) is 4.79 Å². The monoisotopic (exact) mass is 460 g/mol. The highest BCUT2D eigenvalue weighted by Crippen LogP contribution is 2.38. The average Bonchev–Trinajstić information content (AvgIpc) is 2.86. The third kappa shape index (κ3) is 5.89. The number of amides is 1. The fourth-order valence-electron chi connectivity index (χ4n) is 3.34. The maximum Gasteiger partial charge on any atom is 0.248 e. The molecular weight excluding hydrogens is 432 g/mol. The molecule has 0 saturated heterocycles. The van der Waals surface area contributed by atoms with Gasteiger partial charge >= 0.3 is 0 Å².